The van der Waals surface area contributed by atoms with Crippen molar-refractivity contribution in [2.45, 2.75) is 26.7 Å². The van der Waals surface area contributed by atoms with Gasteiger partial charge in [-0.05, 0) is 20.3 Å². The summed E-state index contributed by atoms with van der Waals surface area (Å²) in [5.41, 5.74) is 0.142. The molecule has 0 bridgehead atoms. The van der Waals surface area contributed by atoms with Crippen LogP contribution in [0.2, 0.25) is 0 Å². The lowest BCUT2D eigenvalue weighted by atomic mass is 10.3. The van der Waals surface area contributed by atoms with Crippen LogP contribution in [-0.2, 0) is 14.3 Å². The van der Waals surface area contributed by atoms with Crippen LogP contribution in [0.1, 0.15) is 36.0 Å². The van der Waals surface area contributed by atoms with E-state index < -0.39 is 17.8 Å². The zero-order valence-corrected chi connectivity index (χ0v) is 12.0. The van der Waals surface area contributed by atoms with Gasteiger partial charge < -0.3 is 9.26 Å². The number of ether oxygens (including phenoxy) is 1. The van der Waals surface area contributed by atoms with E-state index in [9.17, 15) is 14.4 Å². The molecule has 1 aromatic rings. The van der Waals surface area contributed by atoms with E-state index >= 15 is 0 Å². The lowest BCUT2D eigenvalue weighted by Crippen LogP contribution is -2.45. The van der Waals surface area contributed by atoms with E-state index in [1.807, 2.05) is 0 Å². The molecule has 8 heteroatoms. The van der Waals surface area contributed by atoms with Crippen molar-refractivity contribution < 1.29 is 23.6 Å². The number of hydrogen-bond donors (Lipinski definition) is 0. The number of rotatable bonds is 4. The molecular formula is C13H17N3O5. The summed E-state index contributed by atoms with van der Waals surface area (Å²) >= 11 is 0. The normalized spacial score (nSPS) is 14.4. The van der Waals surface area contributed by atoms with E-state index in [0.29, 0.717) is 25.3 Å². The highest BCUT2D eigenvalue weighted by Gasteiger charge is 2.33. The predicted octanol–water partition coefficient (Wildman–Crippen LogP) is 0.526. The Morgan fingerprint density at radius 3 is 2.67 bits per heavy atom. The molecule has 1 aliphatic rings. The molecule has 1 aromatic heterocycles. The molecule has 0 radical (unpaired) electrons. The standard InChI is InChI=1S/C13H17N3O5/c1-3-20-12(18)8-11(17)15-5-4-6-16(15)13(19)10-7-9(2)21-14-10/h7H,3-6,8H2,1-2H3. The van der Waals surface area contributed by atoms with Crippen molar-refractivity contribution >= 4 is 17.8 Å². The Morgan fingerprint density at radius 1 is 1.33 bits per heavy atom. The summed E-state index contributed by atoms with van der Waals surface area (Å²) < 4.78 is 9.60. The number of hydrazine groups is 1. The lowest BCUT2D eigenvalue weighted by molar-refractivity contribution is -0.152. The molecule has 0 atom stereocenters. The fraction of sp³-hybridized carbons (Fsp3) is 0.538. The number of esters is 1. The summed E-state index contributed by atoms with van der Waals surface area (Å²) in [6, 6.07) is 1.51. The van der Waals surface area contributed by atoms with E-state index in [2.05, 4.69) is 5.16 Å². The minimum absolute atomic E-state index is 0.142. The van der Waals surface area contributed by atoms with E-state index in [1.54, 1.807) is 13.8 Å². The molecule has 0 saturated carbocycles. The Balaban J connectivity index is 2.04. The van der Waals surface area contributed by atoms with E-state index in [-0.39, 0.29) is 18.7 Å². The number of aromatic nitrogens is 1. The Bertz CT molecular complexity index is 554. The molecule has 2 heterocycles. The topological polar surface area (TPSA) is 93.0 Å². The summed E-state index contributed by atoms with van der Waals surface area (Å²) in [6.45, 7) is 4.35. The summed E-state index contributed by atoms with van der Waals surface area (Å²) in [5, 5.41) is 6.21. The number of carbonyl (C=O) groups excluding carboxylic acids is 3. The maximum atomic E-state index is 12.3. The van der Waals surface area contributed by atoms with Crippen LogP contribution in [0.3, 0.4) is 0 Å². The van der Waals surface area contributed by atoms with Crippen molar-refractivity contribution in [2.24, 2.45) is 0 Å². The summed E-state index contributed by atoms with van der Waals surface area (Å²) in [6.07, 6.45) is 0.270. The van der Waals surface area contributed by atoms with Crippen molar-refractivity contribution in [3.63, 3.8) is 0 Å². The molecule has 8 nitrogen and oxygen atoms in total. The zero-order valence-electron chi connectivity index (χ0n) is 12.0. The van der Waals surface area contributed by atoms with Gasteiger partial charge in [-0.15, -0.1) is 0 Å². The van der Waals surface area contributed by atoms with Crippen molar-refractivity contribution in [3.05, 3.63) is 17.5 Å². The highest BCUT2D eigenvalue weighted by Crippen LogP contribution is 2.16. The second kappa shape index (κ2) is 6.38. The van der Waals surface area contributed by atoms with Gasteiger partial charge in [0, 0.05) is 19.2 Å². The van der Waals surface area contributed by atoms with Gasteiger partial charge in [0.25, 0.3) is 11.8 Å². The molecule has 2 rings (SSSR count). The summed E-state index contributed by atoms with van der Waals surface area (Å²) in [7, 11) is 0. The molecule has 0 N–H and O–H groups in total. The van der Waals surface area contributed by atoms with Crippen molar-refractivity contribution in [2.75, 3.05) is 19.7 Å². The van der Waals surface area contributed by atoms with Gasteiger partial charge in [-0.25, -0.2) is 5.01 Å². The average molecular weight is 295 g/mol. The SMILES string of the molecule is CCOC(=O)CC(=O)N1CCCN1C(=O)c1cc(C)on1. The minimum Gasteiger partial charge on any atom is -0.466 e. The van der Waals surface area contributed by atoms with Crippen LogP contribution >= 0.6 is 0 Å². The molecular weight excluding hydrogens is 278 g/mol. The van der Waals surface area contributed by atoms with Crippen LogP contribution in [0.15, 0.2) is 10.6 Å². The van der Waals surface area contributed by atoms with Crippen LogP contribution in [0.4, 0.5) is 0 Å². The molecule has 0 aromatic carbocycles. The van der Waals surface area contributed by atoms with Gasteiger partial charge in [0.2, 0.25) is 0 Å². The minimum atomic E-state index is -0.598. The smallest absolute Gasteiger partial charge is 0.315 e. The summed E-state index contributed by atoms with van der Waals surface area (Å²) in [4.78, 5) is 35.7. The lowest BCUT2D eigenvalue weighted by Gasteiger charge is -2.26. The van der Waals surface area contributed by atoms with Crippen molar-refractivity contribution in [1.82, 2.24) is 15.2 Å². The van der Waals surface area contributed by atoms with Gasteiger partial charge in [-0.3, -0.25) is 19.4 Å². The first kappa shape index (κ1) is 15.0. The first-order valence-electron chi connectivity index (χ1n) is 6.74. The Hall–Kier alpha value is -2.38. The monoisotopic (exact) mass is 295 g/mol. The van der Waals surface area contributed by atoms with Crippen LogP contribution in [0.5, 0.6) is 0 Å². The fourth-order valence-corrected chi connectivity index (χ4v) is 2.11. The highest BCUT2D eigenvalue weighted by atomic mass is 16.5. The van der Waals surface area contributed by atoms with Crippen molar-refractivity contribution in [1.29, 1.82) is 0 Å². The van der Waals surface area contributed by atoms with Crippen LogP contribution in [0, 0.1) is 6.92 Å². The molecule has 1 fully saturated rings. The van der Waals surface area contributed by atoms with Gasteiger partial charge in [0.05, 0.1) is 6.61 Å². The van der Waals surface area contributed by atoms with Crippen LogP contribution in [-0.4, -0.2) is 52.7 Å². The zero-order chi connectivity index (χ0) is 15.4. The van der Waals surface area contributed by atoms with Gasteiger partial charge in [0.1, 0.15) is 12.2 Å². The first-order valence-corrected chi connectivity index (χ1v) is 6.74. The number of amides is 2. The Kier molecular flexibility index (Phi) is 4.56. The third-order valence-corrected chi connectivity index (χ3v) is 3.00. The van der Waals surface area contributed by atoms with Gasteiger partial charge >= 0.3 is 5.97 Å². The molecule has 2 amide bonds. The number of nitrogens with zero attached hydrogens (tertiary/aromatic N) is 3. The van der Waals surface area contributed by atoms with Crippen molar-refractivity contribution in [3.8, 4) is 0 Å². The Morgan fingerprint density at radius 2 is 2.05 bits per heavy atom. The molecule has 1 saturated heterocycles. The van der Waals surface area contributed by atoms with E-state index in [0.717, 1.165) is 0 Å². The second-order valence-corrected chi connectivity index (χ2v) is 4.60. The van der Waals surface area contributed by atoms with Gasteiger partial charge in [-0.1, -0.05) is 5.16 Å². The maximum Gasteiger partial charge on any atom is 0.315 e. The number of aryl methyl sites for hydroxylation is 1. The van der Waals surface area contributed by atoms with Gasteiger partial charge in [-0.2, -0.15) is 0 Å². The van der Waals surface area contributed by atoms with E-state index in [1.165, 1.54) is 16.1 Å². The maximum absolute atomic E-state index is 12.3. The van der Waals surface area contributed by atoms with Gasteiger partial charge in [0.15, 0.2) is 5.69 Å². The number of hydrogen-bond acceptors (Lipinski definition) is 6. The molecule has 0 spiro atoms. The fourth-order valence-electron chi connectivity index (χ4n) is 2.11. The largest absolute Gasteiger partial charge is 0.466 e. The van der Waals surface area contributed by atoms with Crippen LogP contribution < -0.4 is 0 Å². The molecule has 0 aliphatic carbocycles. The third-order valence-electron chi connectivity index (χ3n) is 3.00. The second-order valence-electron chi connectivity index (χ2n) is 4.60. The quantitative estimate of drug-likeness (QED) is 0.594. The summed E-state index contributed by atoms with van der Waals surface area (Å²) in [5.74, 6) is -0.956. The highest BCUT2D eigenvalue weighted by molar-refractivity contribution is 5.97. The van der Waals surface area contributed by atoms with Crippen LogP contribution in [0.25, 0.3) is 0 Å². The average Bonchev–Trinajstić information content (AvgIpc) is 3.06. The van der Waals surface area contributed by atoms with E-state index in [4.69, 9.17) is 9.26 Å². The molecule has 1 aliphatic heterocycles. The third kappa shape index (κ3) is 3.39. The molecule has 114 valence electrons. The number of carbonyl (C=O) groups is 3. The molecule has 21 heavy (non-hydrogen) atoms. The molecule has 0 unspecified atom stereocenters. The first-order chi connectivity index (χ1) is 10.0. The predicted molar refractivity (Wildman–Crippen MR) is 69.9 cm³/mol. The Labute approximate surface area is 121 Å².